The van der Waals surface area contributed by atoms with Crippen LogP contribution in [0.1, 0.15) is 138 Å². The highest BCUT2D eigenvalue weighted by atomic mass is 16.2. The molecule has 2 aromatic carbocycles. The van der Waals surface area contributed by atoms with E-state index in [2.05, 4.69) is 20.0 Å². The molecule has 3 aliphatic rings. The minimum atomic E-state index is -1.12. The lowest BCUT2D eigenvalue weighted by Gasteiger charge is -2.48. The molecule has 20 heteroatoms. The molecule has 72 heavy (non-hydrogen) atoms. The summed E-state index contributed by atoms with van der Waals surface area (Å²) in [5, 5.41) is 0. The first kappa shape index (κ1) is 52.6. The summed E-state index contributed by atoms with van der Waals surface area (Å²) >= 11 is 0. The third-order valence-electron chi connectivity index (χ3n) is 15.9. The zero-order valence-corrected chi connectivity index (χ0v) is 42.4. The van der Waals surface area contributed by atoms with Crippen molar-refractivity contribution in [2.45, 2.75) is 138 Å². The Morgan fingerprint density at radius 2 is 0.889 bits per heavy atom. The summed E-state index contributed by atoms with van der Waals surface area (Å²) in [6.45, 7) is 17.7. The van der Waals surface area contributed by atoms with Gasteiger partial charge < -0.3 is 0 Å². The fraction of sp³-hybridized carbons (Fsp3) is 0.577. The number of hydrogen-bond acceptors (Lipinski definition) is 14. The molecule has 0 aliphatic heterocycles. The van der Waals surface area contributed by atoms with Crippen LogP contribution in [0.15, 0.2) is 97.3 Å². The molecule has 0 spiro atoms. The maximum absolute atomic E-state index is 15.4. The summed E-state index contributed by atoms with van der Waals surface area (Å²) in [4.78, 5) is 152. The third-order valence-corrected chi connectivity index (χ3v) is 15.9. The Labute approximate surface area is 414 Å². The van der Waals surface area contributed by atoms with Crippen molar-refractivity contribution in [2.75, 3.05) is 19.6 Å². The number of benzene rings is 2. The Bertz CT molecular complexity index is 3400. The monoisotopic (exact) mass is 986 g/mol. The molecule has 7 rings (SSSR count). The molecule has 6 atom stereocenters. The lowest BCUT2D eigenvalue weighted by molar-refractivity contribution is 0.0411. The molecule has 0 bridgehead atoms. The van der Waals surface area contributed by atoms with Crippen LogP contribution in [-0.2, 0) is 19.2 Å². The van der Waals surface area contributed by atoms with Gasteiger partial charge in [-0.3, -0.25) is 0 Å². The van der Waals surface area contributed by atoms with Gasteiger partial charge in [0.1, 0.15) is 0 Å². The molecule has 3 fully saturated rings. The van der Waals surface area contributed by atoms with E-state index >= 15 is 24.0 Å². The number of hydrogen-bond donors (Lipinski definition) is 0. The van der Waals surface area contributed by atoms with Gasteiger partial charge in [-0.2, -0.15) is 4.99 Å². The Morgan fingerprint density at radius 3 is 1.36 bits per heavy atom. The number of isocyanates is 4. The first-order chi connectivity index (χ1) is 33.8. The van der Waals surface area contributed by atoms with Crippen LogP contribution in [0.4, 0.5) is 5.69 Å². The first-order valence-corrected chi connectivity index (χ1v) is 24.2. The number of carbonyl (C=O) groups excluding carboxylic acids is 4. The predicted molar refractivity (Wildman–Crippen MR) is 267 cm³/mol. The van der Waals surface area contributed by atoms with E-state index in [9.17, 15) is 24.0 Å². The van der Waals surface area contributed by atoms with Gasteiger partial charge in [-0.1, -0.05) is 74.4 Å². The molecule has 2 heterocycles. The Kier molecular flexibility index (Phi) is 14.2. The van der Waals surface area contributed by atoms with Crippen molar-refractivity contribution < 1.29 is 19.2 Å². The zero-order chi connectivity index (χ0) is 52.8. The average Bonchev–Trinajstić information content (AvgIpc) is 3.29. The van der Waals surface area contributed by atoms with Gasteiger partial charge in [-0.25, -0.2) is 90.3 Å². The van der Waals surface area contributed by atoms with Gasteiger partial charge in [0.25, 0.3) is 0 Å². The standard InChI is InChI=1S/C52H62N10O10/c1-47(2)22-38(23-52(9,26-47)29-55-32-65)60-42(68)59(45(71)62(46(60)72)40-25-51(8,28-54-31-64)19-17-49(40,5)6)37-15-11-14-36(21-37)58-41(67)57(35-13-10-12-34(20-35)56-33-66)43(69)61(44(58)70)39-24-50(7,27-53-30-63)18-16-48(39,3)4/h10-15,20-21,38-40H,16-19,22-29H2,1-9H3. The van der Waals surface area contributed by atoms with Crippen molar-refractivity contribution in [3.63, 3.8) is 0 Å². The molecule has 0 radical (unpaired) electrons. The van der Waals surface area contributed by atoms with E-state index in [1.165, 1.54) is 54.6 Å². The van der Waals surface area contributed by atoms with Gasteiger partial charge in [-0.05, 0) is 127 Å². The largest absolute Gasteiger partial charge is 0.345 e. The number of aromatic nitrogens is 6. The van der Waals surface area contributed by atoms with Crippen molar-refractivity contribution in [3.8, 4) is 17.1 Å². The van der Waals surface area contributed by atoms with Crippen LogP contribution in [0.2, 0.25) is 0 Å². The second kappa shape index (κ2) is 19.4. The quantitative estimate of drug-likeness (QED) is 0.114. The lowest BCUT2D eigenvalue weighted by Crippen LogP contribution is -2.59. The number of nitrogens with zero attached hydrogens (tertiary/aromatic N) is 10. The summed E-state index contributed by atoms with van der Waals surface area (Å²) in [7, 11) is 0. The van der Waals surface area contributed by atoms with Crippen LogP contribution >= 0.6 is 0 Å². The molecule has 2 aromatic heterocycles. The van der Waals surface area contributed by atoms with E-state index in [0.717, 1.165) is 27.4 Å². The number of aliphatic imine (C=N–C) groups is 4. The molecular weight excluding hydrogens is 925 g/mol. The van der Waals surface area contributed by atoms with E-state index in [-0.39, 0.29) is 61.6 Å². The SMILES string of the molecule is CC1(C)CC(n2c(=O)n(-c3cccc(-n4c(=O)n(-c5cccc(N=C=O)c5)c(=O)n(C5CC(C)(CN=C=O)CCC5(C)C)c4=O)c3)c(=O)n(C3CC(C)(CN=C=O)CCC3(C)C)c2=O)CC(C)(CN=C=O)C1. The highest BCUT2D eigenvalue weighted by Crippen LogP contribution is 2.53. The molecule has 380 valence electrons. The fourth-order valence-corrected chi connectivity index (χ4v) is 12.2. The molecule has 3 aliphatic carbocycles. The topological polar surface area (TPSA) is 250 Å². The summed E-state index contributed by atoms with van der Waals surface area (Å²) in [5.41, 5.74) is -9.99. The van der Waals surface area contributed by atoms with Crippen molar-refractivity contribution >= 4 is 30.0 Å². The lowest BCUT2D eigenvalue weighted by atomic mass is 9.62. The maximum atomic E-state index is 15.4. The summed E-state index contributed by atoms with van der Waals surface area (Å²) in [6.07, 6.45) is 10.1. The fourth-order valence-electron chi connectivity index (χ4n) is 12.2. The summed E-state index contributed by atoms with van der Waals surface area (Å²) < 4.78 is 5.66. The average molecular weight is 987 g/mol. The molecule has 6 unspecified atom stereocenters. The molecule has 4 aromatic rings. The highest BCUT2D eigenvalue weighted by Gasteiger charge is 2.48. The smallest absolute Gasteiger partial charge is 0.247 e. The van der Waals surface area contributed by atoms with E-state index in [1.807, 2.05) is 62.3 Å². The van der Waals surface area contributed by atoms with Crippen LogP contribution < -0.4 is 34.1 Å². The predicted octanol–water partition coefficient (Wildman–Crippen LogP) is 5.87. The summed E-state index contributed by atoms with van der Waals surface area (Å²) in [5.74, 6) is 0. The molecule has 0 amide bonds. The molecule has 3 saturated carbocycles. The Morgan fingerprint density at radius 1 is 0.472 bits per heavy atom. The van der Waals surface area contributed by atoms with Gasteiger partial charge in [0.05, 0.1) is 42.4 Å². The van der Waals surface area contributed by atoms with Gasteiger partial charge in [0, 0.05) is 18.1 Å². The van der Waals surface area contributed by atoms with E-state index in [4.69, 9.17) is 0 Å². The van der Waals surface area contributed by atoms with Gasteiger partial charge in [-0.15, -0.1) is 0 Å². The van der Waals surface area contributed by atoms with Gasteiger partial charge in [0.15, 0.2) is 0 Å². The second-order valence-corrected chi connectivity index (χ2v) is 23.5. The minimum absolute atomic E-state index is 0.0320. The molecule has 0 N–H and O–H groups in total. The Hall–Kier alpha value is -7.22. The second-order valence-electron chi connectivity index (χ2n) is 23.5. The molecule has 0 saturated heterocycles. The molecular formula is C52H62N10O10. The van der Waals surface area contributed by atoms with Gasteiger partial charge in [0.2, 0.25) is 24.3 Å². The van der Waals surface area contributed by atoms with E-state index in [1.54, 1.807) is 18.2 Å². The van der Waals surface area contributed by atoms with Crippen LogP contribution in [0.5, 0.6) is 0 Å². The van der Waals surface area contributed by atoms with Crippen LogP contribution in [0, 0.1) is 32.5 Å². The minimum Gasteiger partial charge on any atom is -0.247 e. The van der Waals surface area contributed by atoms with Gasteiger partial charge >= 0.3 is 34.1 Å². The van der Waals surface area contributed by atoms with Crippen molar-refractivity contribution in [1.82, 2.24) is 27.4 Å². The van der Waals surface area contributed by atoms with Crippen LogP contribution in [0.25, 0.3) is 17.1 Å². The highest BCUT2D eigenvalue weighted by molar-refractivity contribution is 5.53. The first-order valence-electron chi connectivity index (χ1n) is 24.2. The van der Waals surface area contributed by atoms with Crippen LogP contribution in [0.3, 0.4) is 0 Å². The van der Waals surface area contributed by atoms with E-state index in [0.29, 0.717) is 38.5 Å². The number of rotatable bonds is 13. The van der Waals surface area contributed by atoms with Crippen molar-refractivity contribution in [1.29, 1.82) is 0 Å². The maximum Gasteiger partial charge on any atom is 0.345 e. The normalized spacial score (nSPS) is 26.2. The van der Waals surface area contributed by atoms with Crippen molar-refractivity contribution in [3.05, 3.63) is 111 Å². The Balaban J connectivity index is 1.55. The molecule has 20 nitrogen and oxygen atoms in total. The summed E-state index contributed by atoms with van der Waals surface area (Å²) in [6, 6.07) is 8.82. The van der Waals surface area contributed by atoms with Crippen LogP contribution in [-0.4, -0.2) is 71.4 Å². The zero-order valence-electron chi connectivity index (χ0n) is 42.4. The van der Waals surface area contributed by atoms with Crippen molar-refractivity contribution in [2.24, 2.45) is 52.5 Å². The van der Waals surface area contributed by atoms with E-state index < -0.39 is 84.8 Å². The third kappa shape index (κ3) is 10.0.